The predicted octanol–water partition coefficient (Wildman–Crippen LogP) is 3.29. The summed E-state index contributed by atoms with van der Waals surface area (Å²) in [6.45, 7) is 3.71. The minimum absolute atomic E-state index is 0.0611. The Labute approximate surface area is 162 Å². The van der Waals surface area contributed by atoms with Crippen LogP contribution < -0.4 is 10.2 Å². The predicted molar refractivity (Wildman–Crippen MR) is 105 cm³/mol. The third-order valence-corrected chi connectivity index (χ3v) is 5.07. The molecule has 0 spiro atoms. The van der Waals surface area contributed by atoms with Crippen molar-refractivity contribution in [3.8, 4) is 0 Å². The van der Waals surface area contributed by atoms with Crippen LogP contribution in [-0.2, 0) is 9.53 Å². The van der Waals surface area contributed by atoms with Crippen molar-refractivity contribution in [1.82, 2.24) is 4.90 Å². The summed E-state index contributed by atoms with van der Waals surface area (Å²) < 4.78 is 5.36. The number of ether oxygens (including phenoxy) is 1. The standard InChI is InChI=1S/C20H20ClN3O3/c21-14-5-6-18-16(13-14)22-20(26)15-3-1-2-4-17(15)24(18)19(25)7-8-23-9-11-27-12-10-23/h1-6,13H,7-12H2,(H,22,26). The molecule has 1 N–H and O–H groups in total. The number of halogens is 1. The maximum absolute atomic E-state index is 13.2. The first kappa shape index (κ1) is 18.0. The molecule has 0 aliphatic carbocycles. The van der Waals surface area contributed by atoms with E-state index < -0.39 is 0 Å². The Morgan fingerprint density at radius 3 is 2.70 bits per heavy atom. The molecule has 1 fully saturated rings. The number of carbonyl (C=O) groups excluding carboxylic acids is 2. The van der Waals surface area contributed by atoms with E-state index in [4.69, 9.17) is 16.3 Å². The summed E-state index contributed by atoms with van der Waals surface area (Å²) >= 11 is 6.11. The molecule has 27 heavy (non-hydrogen) atoms. The Bertz CT molecular complexity index is 881. The van der Waals surface area contributed by atoms with E-state index in [1.165, 1.54) is 0 Å². The molecule has 0 aromatic heterocycles. The number of para-hydroxylation sites is 1. The van der Waals surface area contributed by atoms with Crippen molar-refractivity contribution in [2.45, 2.75) is 6.42 Å². The van der Waals surface area contributed by atoms with Gasteiger partial charge in [-0.1, -0.05) is 23.7 Å². The Balaban J connectivity index is 1.68. The van der Waals surface area contributed by atoms with Gasteiger partial charge in [0.1, 0.15) is 0 Å². The zero-order valence-electron chi connectivity index (χ0n) is 14.8. The molecule has 2 amide bonds. The average molecular weight is 386 g/mol. The van der Waals surface area contributed by atoms with Crippen LogP contribution in [-0.4, -0.2) is 49.6 Å². The van der Waals surface area contributed by atoms with Gasteiger partial charge in [0.15, 0.2) is 0 Å². The van der Waals surface area contributed by atoms with Gasteiger partial charge in [0.25, 0.3) is 5.91 Å². The Hall–Kier alpha value is -2.41. The summed E-state index contributed by atoms with van der Waals surface area (Å²) in [6, 6.07) is 12.3. The van der Waals surface area contributed by atoms with E-state index in [9.17, 15) is 9.59 Å². The topological polar surface area (TPSA) is 61.9 Å². The first-order valence-electron chi connectivity index (χ1n) is 8.96. The molecule has 0 radical (unpaired) electrons. The summed E-state index contributed by atoms with van der Waals surface area (Å²) in [5.41, 5.74) is 2.21. The fourth-order valence-corrected chi connectivity index (χ4v) is 3.61. The number of carbonyl (C=O) groups is 2. The first-order valence-corrected chi connectivity index (χ1v) is 9.34. The molecule has 7 heteroatoms. The molecule has 6 nitrogen and oxygen atoms in total. The average Bonchev–Trinajstić information content (AvgIpc) is 2.81. The zero-order chi connectivity index (χ0) is 18.8. The molecule has 140 valence electrons. The molecule has 0 unspecified atom stereocenters. The number of rotatable bonds is 3. The number of hydrogen-bond donors (Lipinski definition) is 1. The number of fused-ring (bicyclic) bond motifs is 2. The van der Waals surface area contributed by atoms with Gasteiger partial charge in [0.05, 0.1) is 35.8 Å². The van der Waals surface area contributed by atoms with E-state index in [1.54, 1.807) is 41.3 Å². The molecule has 4 rings (SSSR count). The lowest BCUT2D eigenvalue weighted by Crippen LogP contribution is -2.39. The normalized spacial score (nSPS) is 16.9. The third kappa shape index (κ3) is 3.69. The number of morpholine rings is 1. The summed E-state index contributed by atoms with van der Waals surface area (Å²) in [5.74, 6) is -0.313. The Morgan fingerprint density at radius 2 is 1.89 bits per heavy atom. The van der Waals surface area contributed by atoms with E-state index >= 15 is 0 Å². The van der Waals surface area contributed by atoms with Crippen molar-refractivity contribution < 1.29 is 14.3 Å². The highest BCUT2D eigenvalue weighted by Gasteiger charge is 2.29. The van der Waals surface area contributed by atoms with Crippen LogP contribution in [0.5, 0.6) is 0 Å². The highest BCUT2D eigenvalue weighted by molar-refractivity contribution is 6.31. The fourth-order valence-electron chi connectivity index (χ4n) is 3.44. The van der Waals surface area contributed by atoms with Gasteiger partial charge in [-0.3, -0.25) is 19.4 Å². The second-order valence-corrected chi connectivity index (χ2v) is 7.00. The van der Waals surface area contributed by atoms with Gasteiger partial charge in [-0.2, -0.15) is 0 Å². The van der Waals surface area contributed by atoms with Crippen LogP contribution in [0.2, 0.25) is 5.02 Å². The molecular weight excluding hydrogens is 366 g/mol. The number of amides is 2. The van der Waals surface area contributed by atoms with Crippen molar-refractivity contribution in [2.24, 2.45) is 0 Å². The van der Waals surface area contributed by atoms with Crippen LogP contribution in [0.3, 0.4) is 0 Å². The van der Waals surface area contributed by atoms with E-state index in [0.717, 1.165) is 13.1 Å². The van der Waals surface area contributed by atoms with Gasteiger partial charge in [0, 0.05) is 31.1 Å². The smallest absolute Gasteiger partial charge is 0.257 e. The number of nitrogens with zero attached hydrogens (tertiary/aromatic N) is 2. The minimum atomic E-state index is -0.252. The van der Waals surface area contributed by atoms with E-state index in [0.29, 0.717) is 53.8 Å². The van der Waals surface area contributed by atoms with Crippen LogP contribution in [0.4, 0.5) is 17.1 Å². The number of nitrogens with one attached hydrogen (secondary N) is 1. The Kier molecular flexibility index (Phi) is 5.11. The van der Waals surface area contributed by atoms with Gasteiger partial charge in [-0.25, -0.2) is 0 Å². The molecule has 0 atom stereocenters. The van der Waals surface area contributed by atoms with E-state index in [2.05, 4.69) is 10.2 Å². The zero-order valence-corrected chi connectivity index (χ0v) is 15.5. The quantitative estimate of drug-likeness (QED) is 0.880. The summed E-state index contributed by atoms with van der Waals surface area (Å²) in [5, 5.41) is 3.37. The lowest BCUT2D eigenvalue weighted by Gasteiger charge is -2.28. The SMILES string of the molecule is O=C1Nc2cc(Cl)ccc2N(C(=O)CCN2CCOCC2)c2ccccc21. The maximum Gasteiger partial charge on any atom is 0.257 e. The van der Waals surface area contributed by atoms with E-state index in [-0.39, 0.29) is 11.8 Å². The Morgan fingerprint density at radius 1 is 1.11 bits per heavy atom. The number of anilines is 3. The molecular formula is C20H20ClN3O3. The highest BCUT2D eigenvalue weighted by atomic mass is 35.5. The minimum Gasteiger partial charge on any atom is -0.379 e. The maximum atomic E-state index is 13.2. The van der Waals surface area contributed by atoms with Gasteiger partial charge < -0.3 is 10.1 Å². The second-order valence-electron chi connectivity index (χ2n) is 6.57. The second kappa shape index (κ2) is 7.68. The van der Waals surface area contributed by atoms with Gasteiger partial charge >= 0.3 is 0 Å². The van der Waals surface area contributed by atoms with Crippen molar-refractivity contribution >= 4 is 40.5 Å². The molecule has 2 aromatic carbocycles. The van der Waals surface area contributed by atoms with Crippen LogP contribution >= 0.6 is 11.6 Å². The molecule has 2 aliphatic rings. The fraction of sp³-hybridized carbons (Fsp3) is 0.300. The van der Waals surface area contributed by atoms with Crippen LogP contribution in [0.15, 0.2) is 42.5 Å². The van der Waals surface area contributed by atoms with Gasteiger partial charge in [-0.05, 0) is 30.3 Å². The van der Waals surface area contributed by atoms with Gasteiger partial charge in [0.2, 0.25) is 5.91 Å². The number of benzene rings is 2. The highest BCUT2D eigenvalue weighted by Crippen LogP contribution is 2.39. The summed E-state index contributed by atoms with van der Waals surface area (Å²) in [6.07, 6.45) is 0.352. The summed E-state index contributed by atoms with van der Waals surface area (Å²) in [7, 11) is 0. The third-order valence-electron chi connectivity index (χ3n) is 4.83. The van der Waals surface area contributed by atoms with Crippen molar-refractivity contribution in [2.75, 3.05) is 43.1 Å². The molecule has 0 saturated carbocycles. The molecule has 2 heterocycles. The van der Waals surface area contributed by atoms with Crippen LogP contribution in [0, 0.1) is 0 Å². The van der Waals surface area contributed by atoms with Crippen LogP contribution in [0.1, 0.15) is 16.8 Å². The van der Waals surface area contributed by atoms with Crippen molar-refractivity contribution in [3.63, 3.8) is 0 Å². The summed E-state index contributed by atoms with van der Waals surface area (Å²) in [4.78, 5) is 29.7. The first-order chi connectivity index (χ1) is 13.1. The van der Waals surface area contributed by atoms with Crippen molar-refractivity contribution in [1.29, 1.82) is 0 Å². The van der Waals surface area contributed by atoms with Crippen LogP contribution in [0.25, 0.3) is 0 Å². The molecule has 0 bridgehead atoms. The van der Waals surface area contributed by atoms with Gasteiger partial charge in [-0.15, -0.1) is 0 Å². The lowest BCUT2D eigenvalue weighted by atomic mass is 10.1. The molecule has 2 aromatic rings. The van der Waals surface area contributed by atoms with Crippen molar-refractivity contribution in [3.05, 3.63) is 53.1 Å². The molecule has 1 saturated heterocycles. The largest absolute Gasteiger partial charge is 0.379 e. The number of hydrogen-bond acceptors (Lipinski definition) is 4. The molecule has 2 aliphatic heterocycles. The van der Waals surface area contributed by atoms with E-state index in [1.807, 2.05) is 6.07 Å². The lowest BCUT2D eigenvalue weighted by molar-refractivity contribution is -0.118. The monoisotopic (exact) mass is 385 g/mol.